The van der Waals surface area contributed by atoms with Gasteiger partial charge in [0.2, 0.25) is 0 Å². The van der Waals surface area contributed by atoms with Gasteiger partial charge in [0.25, 0.3) is 5.56 Å². The third-order valence-corrected chi connectivity index (χ3v) is 9.95. The monoisotopic (exact) mass is 578 g/mol. The summed E-state index contributed by atoms with van der Waals surface area (Å²) in [4.78, 5) is 25.5. The largest absolute Gasteiger partial charge is 0.483 e. The van der Waals surface area contributed by atoms with Gasteiger partial charge in [0.05, 0.1) is 16.9 Å². The van der Waals surface area contributed by atoms with Crippen molar-refractivity contribution in [2.75, 3.05) is 25.0 Å². The molecular weight excluding hydrogens is 538 g/mol. The van der Waals surface area contributed by atoms with Gasteiger partial charge in [0.1, 0.15) is 18.2 Å². The zero-order valence-corrected chi connectivity index (χ0v) is 25.0. The van der Waals surface area contributed by atoms with Crippen LogP contribution < -0.4 is 20.9 Å². The number of benzene rings is 2. The summed E-state index contributed by atoms with van der Waals surface area (Å²) >= 11 is 0. The van der Waals surface area contributed by atoms with E-state index in [9.17, 15) is 13.6 Å². The van der Waals surface area contributed by atoms with E-state index in [1.165, 1.54) is 17.1 Å². The molecule has 3 aromatic rings. The number of hydrogen-bond donors (Lipinski definition) is 2. The molecule has 4 aliphatic rings. The summed E-state index contributed by atoms with van der Waals surface area (Å²) in [5.74, 6) is 1.50. The normalized spacial score (nSPS) is 27.1. The van der Waals surface area contributed by atoms with Gasteiger partial charge < -0.3 is 20.3 Å². The molecule has 2 aromatic carbocycles. The minimum atomic E-state index is -0.811. The van der Waals surface area contributed by atoms with Crippen LogP contribution in [0.25, 0.3) is 10.9 Å². The lowest BCUT2D eigenvalue weighted by molar-refractivity contribution is -0.108. The number of nitrogens with one attached hydrogen (secondary N) is 2. The van der Waals surface area contributed by atoms with Crippen LogP contribution in [0.5, 0.6) is 5.75 Å². The third-order valence-electron chi connectivity index (χ3n) is 9.95. The molecule has 3 saturated carbocycles. The highest BCUT2D eigenvalue weighted by atomic mass is 19.1. The van der Waals surface area contributed by atoms with Crippen molar-refractivity contribution in [1.82, 2.24) is 19.8 Å². The molecule has 2 heterocycles. The average Bonchev–Trinajstić information content (AvgIpc) is 2.95. The molecule has 1 aliphatic heterocycles. The number of halogens is 2. The molecule has 3 aliphatic carbocycles. The van der Waals surface area contributed by atoms with Crippen LogP contribution >= 0.6 is 0 Å². The third kappa shape index (κ3) is 5.25. The summed E-state index contributed by atoms with van der Waals surface area (Å²) in [6.07, 6.45) is 2.41. The van der Waals surface area contributed by atoms with E-state index in [4.69, 9.17) is 9.73 Å². The van der Waals surface area contributed by atoms with Crippen LogP contribution in [0, 0.1) is 34.8 Å². The Bertz CT molecular complexity index is 1590. The van der Waals surface area contributed by atoms with Gasteiger partial charge in [-0.2, -0.15) is 0 Å². The molecule has 5 atom stereocenters. The number of fused-ring (bicyclic) bond motifs is 3. The van der Waals surface area contributed by atoms with E-state index >= 15 is 0 Å². The first kappa shape index (κ1) is 28.6. The molecule has 8 nitrogen and oxygen atoms in total. The van der Waals surface area contributed by atoms with Crippen molar-refractivity contribution in [1.29, 1.82) is 0 Å². The number of nitrogens with zero attached hydrogens (tertiary/aromatic N) is 4. The lowest BCUT2D eigenvalue weighted by Crippen LogP contribution is -2.57. The van der Waals surface area contributed by atoms with Crippen LogP contribution in [0.15, 0.2) is 46.2 Å². The molecule has 7 rings (SSSR count). The minimum absolute atomic E-state index is 0.106. The van der Waals surface area contributed by atoms with Crippen molar-refractivity contribution in [2.45, 2.75) is 59.2 Å². The molecule has 10 heteroatoms. The highest BCUT2D eigenvalue weighted by Crippen LogP contribution is 2.61. The minimum Gasteiger partial charge on any atom is -0.483 e. The number of anilines is 1. The van der Waals surface area contributed by atoms with Gasteiger partial charge >= 0.3 is 0 Å². The first-order valence-corrected chi connectivity index (χ1v) is 14.9. The van der Waals surface area contributed by atoms with E-state index in [1.54, 1.807) is 13.1 Å². The lowest BCUT2D eigenvalue weighted by Gasteiger charge is -2.61. The van der Waals surface area contributed by atoms with Crippen molar-refractivity contribution < 1.29 is 13.5 Å². The van der Waals surface area contributed by atoms with Crippen LogP contribution in [-0.2, 0) is 13.7 Å². The van der Waals surface area contributed by atoms with Gasteiger partial charge in [-0.3, -0.25) is 9.36 Å². The predicted molar refractivity (Wildman–Crippen MR) is 161 cm³/mol. The van der Waals surface area contributed by atoms with Crippen molar-refractivity contribution >= 4 is 22.5 Å². The number of piperazine rings is 1. The van der Waals surface area contributed by atoms with Crippen molar-refractivity contribution in [3.63, 3.8) is 0 Å². The number of guanidine groups is 1. The molecule has 4 fully saturated rings. The molecular formula is C32H40F2N6O2. The van der Waals surface area contributed by atoms with Crippen molar-refractivity contribution in [3.05, 3.63) is 64.2 Å². The number of aliphatic imine (C=N–C) groups is 1. The van der Waals surface area contributed by atoms with E-state index < -0.39 is 11.6 Å². The Hall–Kier alpha value is -3.53. The average molecular weight is 579 g/mol. The smallest absolute Gasteiger partial charge is 0.261 e. The fraction of sp³-hybridized carbons (Fsp3) is 0.531. The van der Waals surface area contributed by atoms with Crippen LogP contribution in [0.4, 0.5) is 14.5 Å². The zero-order valence-electron chi connectivity index (χ0n) is 25.0. The highest BCUT2D eigenvalue weighted by molar-refractivity contribution is 5.96. The molecule has 2 N–H and O–H groups in total. The summed E-state index contributed by atoms with van der Waals surface area (Å²) in [6, 6.07) is 9.23. The fourth-order valence-electron chi connectivity index (χ4n) is 7.16. The summed E-state index contributed by atoms with van der Waals surface area (Å²) < 4.78 is 34.4. The van der Waals surface area contributed by atoms with Crippen LogP contribution in [0.3, 0.4) is 0 Å². The van der Waals surface area contributed by atoms with Crippen LogP contribution in [-0.4, -0.2) is 52.1 Å². The van der Waals surface area contributed by atoms with E-state index in [1.807, 2.05) is 12.1 Å². The van der Waals surface area contributed by atoms with Gasteiger partial charge in [-0.05, 0) is 73.3 Å². The summed E-state index contributed by atoms with van der Waals surface area (Å²) in [7, 11) is 1.61. The number of ether oxygens (including phenoxy) is 1. The molecule has 1 aromatic heterocycles. The Kier molecular flexibility index (Phi) is 7.45. The van der Waals surface area contributed by atoms with E-state index in [-0.39, 0.29) is 24.0 Å². The maximum atomic E-state index is 14.1. The molecule has 42 heavy (non-hydrogen) atoms. The maximum Gasteiger partial charge on any atom is 0.261 e. The fourth-order valence-corrected chi connectivity index (χ4v) is 7.16. The second-order valence-corrected chi connectivity index (χ2v) is 12.9. The maximum absolute atomic E-state index is 14.1. The first-order valence-electron chi connectivity index (χ1n) is 14.9. The quantitative estimate of drug-likeness (QED) is 0.330. The van der Waals surface area contributed by atoms with E-state index in [0.29, 0.717) is 45.9 Å². The highest BCUT2D eigenvalue weighted by Gasteiger charge is 2.56. The lowest BCUT2D eigenvalue weighted by atomic mass is 9.45. The predicted octanol–water partition coefficient (Wildman–Crippen LogP) is 4.92. The van der Waals surface area contributed by atoms with Crippen molar-refractivity contribution in [3.8, 4) is 5.75 Å². The molecule has 1 unspecified atom stereocenters. The molecule has 0 amide bonds. The molecule has 0 radical (unpaired) electrons. The molecule has 1 saturated heterocycles. The zero-order chi connectivity index (χ0) is 29.8. The van der Waals surface area contributed by atoms with Gasteiger partial charge in [0, 0.05) is 44.5 Å². The summed E-state index contributed by atoms with van der Waals surface area (Å²) in [5.41, 5.74) is 1.46. The molecule has 224 valence electrons. The second kappa shape index (κ2) is 10.9. The second-order valence-electron chi connectivity index (χ2n) is 12.9. The topological polar surface area (TPSA) is 83.8 Å². The standard InChI is InChI=1S/C32H40F2N6O2/c1-18-16-40(11-10-35-18)31(38-26-13-20-12-24(19(26)2)32(20,3)4)36-22-7-8-23-27(15-22)37-29(39(5)30(23)41)17-42-28-9-6-21(33)14-25(28)34/h6-9,14-15,18-20,24,26,35H,10-13,16-17H2,1-5H3,(H,36,38)/t18-,19-,20+,24-,26?/m0/s1. The van der Waals surface area contributed by atoms with Crippen LogP contribution in [0.1, 0.15) is 46.4 Å². The summed E-state index contributed by atoms with van der Waals surface area (Å²) in [6.45, 7) is 11.8. The Labute approximate surface area is 245 Å². The van der Waals surface area contributed by atoms with Crippen molar-refractivity contribution in [2.24, 2.45) is 35.2 Å². The van der Waals surface area contributed by atoms with Gasteiger partial charge in [-0.25, -0.2) is 18.8 Å². The van der Waals surface area contributed by atoms with Gasteiger partial charge in [-0.1, -0.05) is 20.8 Å². The van der Waals surface area contributed by atoms with Gasteiger partial charge in [-0.15, -0.1) is 0 Å². The van der Waals surface area contributed by atoms with Gasteiger partial charge in [0.15, 0.2) is 17.5 Å². The number of rotatable bonds is 5. The first-order chi connectivity index (χ1) is 20.0. The summed E-state index contributed by atoms with van der Waals surface area (Å²) in [5, 5.41) is 7.57. The Morgan fingerprint density at radius 3 is 2.71 bits per heavy atom. The number of hydrogen-bond acceptors (Lipinski definition) is 5. The Morgan fingerprint density at radius 1 is 1.19 bits per heavy atom. The molecule has 2 bridgehead atoms. The van der Waals surface area contributed by atoms with E-state index in [0.717, 1.165) is 49.8 Å². The number of aromatic nitrogens is 2. The molecule has 0 spiro atoms. The Morgan fingerprint density at radius 2 is 2.00 bits per heavy atom. The SMILES string of the molecule is C[C@@H]1C(/N=C(/Nc2ccc3c(=O)n(C)c(COc4ccc(F)cc4F)nc3c2)N2CCN[C@@H](C)C2)C[C@H]2C[C@@H]1C2(C)C. The van der Waals surface area contributed by atoms with E-state index in [2.05, 4.69) is 48.2 Å². The van der Waals surface area contributed by atoms with Crippen LogP contribution in [0.2, 0.25) is 0 Å². The Balaban J connectivity index is 1.29.